The van der Waals surface area contributed by atoms with Crippen LogP contribution < -0.4 is 5.73 Å². The highest BCUT2D eigenvalue weighted by Gasteiger charge is 2.09. The van der Waals surface area contributed by atoms with Gasteiger partial charge in [-0.2, -0.15) is 0 Å². The van der Waals surface area contributed by atoms with Crippen molar-refractivity contribution in [3.05, 3.63) is 12.2 Å². The molecule has 0 saturated heterocycles. The fourth-order valence-corrected chi connectivity index (χ4v) is 1.85. The Hall–Kier alpha value is -0.340. The Bertz CT molecular complexity index is 154. The van der Waals surface area contributed by atoms with E-state index in [1.54, 1.807) is 0 Å². The largest absolute Gasteiger partial charge is 0.330 e. The van der Waals surface area contributed by atoms with Gasteiger partial charge in [-0.05, 0) is 31.7 Å². The third kappa shape index (κ3) is 4.44. The molecule has 0 amide bonds. The summed E-state index contributed by atoms with van der Waals surface area (Å²) in [5.74, 6) is 0.801. The predicted octanol–water partition coefficient (Wildman–Crippen LogP) is 1.62. The van der Waals surface area contributed by atoms with Gasteiger partial charge >= 0.3 is 0 Å². The van der Waals surface area contributed by atoms with Gasteiger partial charge < -0.3 is 5.73 Å². The number of nitrogens with two attached hydrogens (primary N) is 1. The van der Waals surface area contributed by atoms with E-state index in [0.29, 0.717) is 0 Å². The zero-order valence-electron chi connectivity index (χ0n) is 8.71. The molecular formula is C11H22N2. The SMILES string of the molecule is CC(CCCN)CN1CC=CCC1. The summed E-state index contributed by atoms with van der Waals surface area (Å²) in [6.45, 7) is 6.79. The van der Waals surface area contributed by atoms with Gasteiger partial charge in [-0.15, -0.1) is 0 Å². The van der Waals surface area contributed by atoms with Gasteiger partial charge in [0.25, 0.3) is 0 Å². The molecule has 13 heavy (non-hydrogen) atoms. The van der Waals surface area contributed by atoms with E-state index in [4.69, 9.17) is 5.73 Å². The minimum absolute atomic E-state index is 0.801. The van der Waals surface area contributed by atoms with E-state index in [1.165, 1.54) is 32.4 Å². The number of hydrogen-bond acceptors (Lipinski definition) is 2. The molecule has 1 rings (SSSR count). The van der Waals surface area contributed by atoms with E-state index >= 15 is 0 Å². The zero-order chi connectivity index (χ0) is 9.52. The summed E-state index contributed by atoms with van der Waals surface area (Å²) >= 11 is 0. The van der Waals surface area contributed by atoms with Crippen molar-refractivity contribution in [1.29, 1.82) is 0 Å². The molecular weight excluding hydrogens is 160 g/mol. The molecule has 2 N–H and O–H groups in total. The van der Waals surface area contributed by atoms with Gasteiger partial charge in [0.2, 0.25) is 0 Å². The van der Waals surface area contributed by atoms with Crippen molar-refractivity contribution >= 4 is 0 Å². The van der Waals surface area contributed by atoms with Crippen LogP contribution >= 0.6 is 0 Å². The van der Waals surface area contributed by atoms with Crippen LogP contribution in [0.2, 0.25) is 0 Å². The summed E-state index contributed by atoms with van der Waals surface area (Å²) in [4.78, 5) is 2.53. The second-order valence-electron chi connectivity index (χ2n) is 4.06. The first-order valence-electron chi connectivity index (χ1n) is 5.40. The molecule has 0 aromatic heterocycles. The van der Waals surface area contributed by atoms with Crippen LogP contribution in [0.15, 0.2) is 12.2 Å². The Morgan fingerprint density at radius 3 is 2.92 bits per heavy atom. The Morgan fingerprint density at radius 2 is 2.31 bits per heavy atom. The zero-order valence-corrected chi connectivity index (χ0v) is 8.71. The quantitative estimate of drug-likeness (QED) is 0.655. The molecule has 1 unspecified atom stereocenters. The van der Waals surface area contributed by atoms with Gasteiger partial charge in [-0.25, -0.2) is 0 Å². The van der Waals surface area contributed by atoms with Crippen LogP contribution in [0.1, 0.15) is 26.2 Å². The average Bonchev–Trinajstić information content (AvgIpc) is 2.16. The van der Waals surface area contributed by atoms with E-state index in [-0.39, 0.29) is 0 Å². The molecule has 1 heterocycles. The number of nitrogens with zero attached hydrogens (tertiary/aromatic N) is 1. The third-order valence-electron chi connectivity index (χ3n) is 2.61. The second-order valence-corrected chi connectivity index (χ2v) is 4.06. The highest BCUT2D eigenvalue weighted by atomic mass is 15.1. The molecule has 76 valence electrons. The topological polar surface area (TPSA) is 29.3 Å². The summed E-state index contributed by atoms with van der Waals surface area (Å²) < 4.78 is 0. The van der Waals surface area contributed by atoms with Crippen LogP contribution in [0.5, 0.6) is 0 Å². The van der Waals surface area contributed by atoms with Gasteiger partial charge in [-0.1, -0.05) is 19.1 Å². The standard InChI is InChI=1S/C11H22N2/c1-11(6-5-7-12)10-13-8-3-2-4-9-13/h2-3,11H,4-10,12H2,1H3. The molecule has 0 aromatic rings. The Balaban J connectivity index is 2.11. The summed E-state index contributed by atoms with van der Waals surface area (Å²) in [5, 5.41) is 0. The predicted molar refractivity (Wildman–Crippen MR) is 57.6 cm³/mol. The van der Waals surface area contributed by atoms with Crippen LogP contribution in [0, 0.1) is 5.92 Å². The van der Waals surface area contributed by atoms with Crippen molar-refractivity contribution in [3.8, 4) is 0 Å². The monoisotopic (exact) mass is 182 g/mol. The lowest BCUT2D eigenvalue weighted by molar-refractivity contribution is 0.249. The van der Waals surface area contributed by atoms with Crippen LogP contribution in [-0.2, 0) is 0 Å². The third-order valence-corrected chi connectivity index (χ3v) is 2.61. The first-order valence-corrected chi connectivity index (χ1v) is 5.40. The van der Waals surface area contributed by atoms with Gasteiger partial charge in [-0.3, -0.25) is 4.90 Å². The summed E-state index contributed by atoms with van der Waals surface area (Å²) in [7, 11) is 0. The average molecular weight is 182 g/mol. The van der Waals surface area contributed by atoms with Crippen molar-refractivity contribution < 1.29 is 0 Å². The highest BCUT2D eigenvalue weighted by molar-refractivity contribution is 4.90. The second kappa shape index (κ2) is 6.17. The molecule has 1 aliphatic rings. The number of hydrogen-bond donors (Lipinski definition) is 1. The smallest absolute Gasteiger partial charge is 0.0163 e. The van der Waals surface area contributed by atoms with E-state index in [2.05, 4.69) is 24.0 Å². The lowest BCUT2D eigenvalue weighted by atomic mass is 10.0. The van der Waals surface area contributed by atoms with Gasteiger partial charge in [0.05, 0.1) is 0 Å². The summed E-state index contributed by atoms with van der Waals surface area (Å²) in [5.41, 5.74) is 5.49. The fraction of sp³-hybridized carbons (Fsp3) is 0.818. The minimum Gasteiger partial charge on any atom is -0.330 e. The van der Waals surface area contributed by atoms with Crippen molar-refractivity contribution in [3.63, 3.8) is 0 Å². The van der Waals surface area contributed by atoms with Crippen molar-refractivity contribution in [1.82, 2.24) is 4.90 Å². The maximum atomic E-state index is 5.49. The van der Waals surface area contributed by atoms with E-state index in [1.807, 2.05) is 0 Å². The normalized spacial score (nSPS) is 20.5. The van der Waals surface area contributed by atoms with Crippen LogP contribution in [0.3, 0.4) is 0 Å². The Morgan fingerprint density at radius 1 is 1.46 bits per heavy atom. The van der Waals surface area contributed by atoms with E-state index in [0.717, 1.165) is 19.0 Å². The molecule has 2 nitrogen and oxygen atoms in total. The first kappa shape index (κ1) is 10.7. The van der Waals surface area contributed by atoms with Crippen molar-refractivity contribution in [2.24, 2.45) is 11.7 Å². The summed E-state index contributed by atoms with van der Waals surface area (Å²) in [6.07, 6.45) is 8.23. The molecule has 1 aliphatic heterocycles. The molecule has 0 fully saturated rings. The van der Waals surface area contributed by atoms with Crippen LogP contribution in [0.4, 0.5) is 0 Å². The molecule has 2 heteroatoms. The molecule has 0 spiro atoms. The van der Waals surface area contributed by atoms with Crippen LogP contribution in [-0.4, -0.2) is 31.1 Å². The minimum atomic E-state index is 0.801. The van der Waals surface area contributed by atoms with Crippen molar-refractivity contribution in [2.75, 3.05) is 26.2 Å². The summed E-state index contributed by atoms with van der Waals surface area (Å²) in [6, 6.07) is 0. The van der Waals surface area contributed by atoms with E-state index in [9.17, 15) is 0 Å². The van der Waals surface area contributed by atoms with Crippen molar-refractivity contribution in [2.45, 2.75) is 26.2 Å². The Labute approximate surface area is 81.8 Å². The van der Waals surface area contributed by atoms with Gasteiger partial charge in [0, 0.05) is 19.6 Å². The molecule has 0 aliphatic carbocycles. The molecule has 0 aromatic carbocycles. The maximum absolute atomic E-state index is 5.49. The molecule has 0 bridgehead atoms. The fourth-order valence-electron chi connectivity index (χ4n) is 1.85. The van der Waals surface area contributed by atoms with Gasteiger partial charge in [0.1, 0.15) is 0 Å². The van der Waals surface area contributed by atoms with Crippen LogP contribution in [0.25, 0.3) is 0 Å². The lowest BCUT2D eigenvalue weighted by Crippen LogP contribution is -2.31. The molecule has 1 atom stereocenters. The first-order chi connectivity index (χ1) is 6.33. The Kier molecular flexibility index (Phi) is 5.09. The highest BCUT2D eigenvalue weighted by Crippen LogP contribution is 2.09. The molecule has 0 radical (unpaired) electrons. The molecule has 0 saturated carbocycles. The lowest BCUT2D eigenvalue weighted by Gasteiger charge is -2.26. The van der Waals surface area contributed by atoms with E-state index < -0.39 is 0 Å². The van der Waals surface area contributed by atoms with Gasteiger partial charge in [0.15, 0.2) is 0 Å². The number of rotatable bonds is 5. The maximum Gasteiger partial charge on any atom is 0.0163 e.